The first kappa shape index (κ1) is 16.4. The predicted octanol–water partition coefficient (Wildman–Crippen LogP) is 3.98. The maximum absolute atomic E-state index is 13.0. The molecule has 26 heavy (non-hydrogen) atoms. The Morgan fingerprint density at radius 2 is 1.92 bits per heavy atom. The summed E-state index contributed by atoms with van der Waals surface area (Å²) in [5, 5.41) is 0. The summed E-state index contributed by atoms with van der Waals surface area (Å²) in [7, 11) is 1.66. The molecule has 2 aromatic carbocycles. The van der Waals surface area contributed by atoms with Gasteiger partial charge in [-0.15, -0.1) is 0 Å². The Balaban J connectivity index is 1.51. The average molecular weight is 348 g/mol. The average Bonchev–Trinajstić information content (AvgIpc) is 3.38. The van der Waals surface area contributed by atoms with Crippen LogP contribution in [0.5, 0.6) is 5.75 Å². The van der Waals surface area contributed by atoms with E-state index in [0.29, 0.717) is 23.9 Å². The third-order valence-corrected chi connectivity index (χ3v) is 4.87. The van der Waals surface area contributed by atoms with Crippen LogP contribution in [-0.4, -0.2) is 36.0 Å². The van der Waals surface area contributed by atoms with Crippen molar-refractivity contribution in [2.75, 3.05) is 20.2 Å². The first-order chi connectivity index (χ1) is 12.8. The molecule has 5 heteroatoms. The lowest BCUT2D eigenvalue weighted by atomic mass is 9.98. The second-order valence-electron chi connectivity index (χ2n) is 6.41. The van der Waals surface area contributed by atoms with E-state index in [-0.39, 0.29) is 5.91 Å². The van der Waals surface area contributed by atoms with Crippen molar-refractivity contribution in [3.05, 3.63) is 72.2 Å². The molecule has 0 N–H and O–H groups in total. The Bertz CT molecular complexity index is 887. The smallest absolute Gasteiger partial charge is 0.276 e. The van der Waals surface area contributed by atoms with Crippen molar-refractivity contribution in [1.82, 2.24) is 9.88 Å². The Morgan fingerprint density at radius 3 is 2.65 bits per heavy atom. The van der Waals surface area contributed by atoms with E-state index in [2.05, 4.69) is 17.1 Å². The molecule has 0 spiro atoms. The molecule has 0 bridgehead atoms. The number of rotatable bonds is 4. The molecule has 1 aliphatic heterocycles. The molecule has 0 radical (unpaired) electrons. The third-order valence-electron chi connectivity index (χ3n) is 4.87. The zero-order valence-corrected chi connectivity index (χ0v) is 14.6. The summed E-state index contributed by atoms with van der Waals surface area (Å²) in [6.45, 7) is 1.41. The minimum atomic E-state index is -0.0754. The van der Waals surface area contributed by atoms with Gasteiger partial charge in [0.15, 0.2) is 17.8 Å². The number of aromatic nitrogens is 1. The van der Waals surface area contributed by atoms with Crippen molar-refractivity contribution in [2.24, 2.45) is 0 Å². The van der Waals surface area contributed by atoms with Gasteiger partial charge in [-0.25, -0.2) is 4.98 Å². The minimum Gasteiger partial charge on any atom is -0.497 e. The summed E-state index contributed by atoms with van der Waals surface area (Å²) in [5.41, 5.74) is 2.47. The number of amides is 1. The van der Waals surface area contributed by atoms with Gasteiger partial charge in [0.1, 0.15) is 5.75 Å². The number of methoxy groups -OCH3 is 1. The molecule has 4 rings (SSSR count). The first-order valence-corrected chi connectivity index (χ1v) is 8.68. The lowest BCUT2D eigenvalue weighted by molar-refractivity contribution is 0.0786. The standard InChI is InChI=1S/C21H20N2O3/c1-25-18-9-7-15(8-10-18)17-11-12-23(13-17)21(24)19-20(26-14-22-19)16-5-3-2-4-6-16/h2-10,14,17H,11-13H2,1H3/t17-/m1/s1. The van der Waals surface area contributed by atoms with Crippen molar-refractivity contribution in [3.63, 3.8) is 0 Å². The Morgan fingerprint density at radius 1 is 1.15 bits per heavy atom. The summed E-state index contributed by atoms with van der Waals surface area (Å²) >= 11 is 0. The van der Waals surface area contributed by atoms with Crippen LogP contribution in [0, 0.1) is 0 Å². The molecule has 1 aromatic heterocycles. The number of carbonyl (C=O) groups excluding carboxylic acids is 1. The van der Waals surface area contributed by atoms with Crippen molar-refractivity contribution < 1.29 is 13.9 Å². The van der Waals surface area contributed by atoms with E-state index in [1.165, 1.54) is 12.0 Å². The Hall–Kier alpha value is -3.08. The van der Waals surface area contributed by atoms with Gasteiger partial charge in [-0.05, 0) is 24.1 Å². The molecular formula is C21H20N2O3. The number of hydrogen-bond acceptors (Lipinski definition) is 4. The largest absolute Gasteiger partial charge is 0.497 e. The van der Waals surface area contributed by atoms with Crippen LogP contribution in [0.25, 0.3) is 11.3 Å². The van der Waals surface area contributed by atoms with Crippen LogP contribution >= 0.6 is 0 Å². The zero-order chi connectivity index (χ0) is 17.9. The molecule has 132 valence electrons. The number of likely N-dealkylation sites (tertiary alicyclic amines) is 1. The van der Waals surface area contributed by atoms with Gasteiger partial charge in [-0.1, -0.05) is 42.5 Å². The van der Waals surface area contributed by atoms with Crippen LogP contribution in [0.4, 0.5) is 0 Å². The summed E-state index contributed by atoms with van der Waals surface area (Å²) < 4.78 is 10.7. The summed E-state index contributed by atoms with van der Waals surface area (Å²) in [5.74, 6) is 1.63. The quantitative estimate of drug-likeness (QED) is 0.716. The fourth-order valence-electron chi connectivity index (χ4n) is 3.44. The number of ether oxygens (including phenoxy) is 1. The maximum atomic E-state index is 13.0. The van der Waals surface area contributed by atoms with Gasteiger partial charge in [0.05, 0.1) is 7.11 Å². The molecule has 5 nitrogen and oxygen atoms in total. The number of benzene rings is 2. The van der Waals surface area contributed by atoms with Crippen molar-refractivity contribution in [2.45, 2.75) is 12.3 Å². The van der Waals surface area contributed by atoms with Crippen LogP contribution in [0.2, 0.25) is 0 Å². The molecule has 2 heterocycles. The molecule has 0 unspecified atom stereocenters. The van der Waals surface area contributed by atoms with E-state index >= 15 is 0 Å². The van der Waals surface area contributed by atoms with E-state index < -0.39 is 0 Å². The Labute approximate surface area is 152 Å². The Kier molecular flexibility index (Phi) is 4.44. The van der Waals surface area contributed by atoms with Crippen molar-refractivity contribution in [3.8, 4) is 17.1 Å². The monoisotopic (exact) mass is 348 g/mol. The number of nitrogens with zero attached hydrogens (tertiary/aromatic N) is 2. The third kappa shape index (κ3) is 3.08. The summed E-state index contributed by atoms with van der Waals surface area (Å²) in [6.07, 6.45) is 2.28. The highest BCUT2D eigenvalue weighted by molar-refractivity contribution is 5.97. The summed E-state index contributed by atoms with van der Waals surface area (Å²) in [6, 6.07) is 17.7. The zero-order valence-electron chi connectivity index (χ0n) is 14.6. The number of carbonyl (C=O) groups is 1. The molecule has 3 aromatic rings. The molecule has 1 aliphatic rings. The lowest BCUT2D eigenvalue weighted by Gasteiger charge is -2.16. The molecule has 1 saturated heterocycles. The highest BCUT2D eigenvalue weighted by Crippen LogP contribution is 2.31. The minimum absolute atomic E-state index is 0.0754. The maximum Gasteiger partial charge on any atom is 0.276 e. The van der Waals surface area contributed by atoms with Crippen LogP contribution in [0.1, 0.15) is 28.4 Å². The van der Waals surface area contributed by atoms with E-state index in [1.54, 1.807) is 7.11 Å². The molecule has 0 saturated carbocycles. The van der Waals surface area contributed by atoms with Gasteiger partial charge in [-0.2, -0.15) is 0 Å². The van der Waals surface area contributed by atoms with Gasteiger partial charge >= 0.3 is 0 Å². The van der Waals surface area contributed by atoms with Crippen LogP contribution < -0.4 is 4.74 Å². The second kappa shape index (κ2) is 7.04. The van der Waals surface area contributed by atoms with Gasteiger partial charge in [0.25, 0.3) is 5.91 Å². The fraction of sp³-hybridized carbons (Fsp3) is 0.238. The predicted molar refractivity (Wildman–Crippen MR) is 98.2 cm³/mol. The molecular weight excluding hydrogens is 328 g/mol. The van der Waals surface area contributed by atoms with Crippen LogP contribution in [0.3, 0.4) is 0 Å². The number of oxazole rings is 1. The SMILES string of the molecule is COc1ccc([C@@H]2CCN(C(=O)c3ncoc3-c3ccccc3)C2)cc1. The molecule has 1 amide bonds. The highest BCUT2D eigenvalue weighted by atomic mass is 16.5. The highest BCUT2D eigenvalue weighted by Gasteiger charge is 2.31. The van der Waals surface area contributed by atoms with E-state index in [0.717, 1.165) is 24.3 Å². The lowest BCUT2D eigenvalue weighted by Crippen LogP contribution is -2.29. The molecule has 1 fully saturated rings. The first-order valence-electron chi connectivity index (χ1n) is 8.68. The molecule has 0 aliphatic carbocycles. The summed E-state index contributed by atoms with van der Waals surface area (Å²) in [4.78, 5) is 19.0. The van der Waals surface area contributed by atoms with Gasteiger partial charge in [-0.3, -0.25) is 4.79 Å². The van der Waals surface area contributed by atoms with Crippen molar-refractivity contribution >= 4 is 5.91 Å². The van der Waals surface area contributed by atoms with Crippen molar-refractivity contribution in [1.29, 1.82) is 0 Å². The van der Waals surface area contributed by atoms with Gasteiger partial charge in [0.2, 0.25) is 0 Å². The van der Waals surface area contributed by atoms with E-state index in [9.17, 15) is 4.79 Å². The van der Waals surface area contributed by atoms with Gasteiger partial charge < -0.3 is 14.1 Å². The fourth-order valence-corrected chi connectivity index (χ4v) is 3.44. The van der Waals surface area contributed by atoms with E-state index in [1.807, 2.05) is 47.4 Å². The van der Waals surface area contributed by atoms with Crippen LogP contribution in [0.15, 0.2) is 65.4 Å². The number of hydrogen-bond donors (Lipinski definition) is 0. The molecule has 1 atom stereocenters. The second-order valence-corrected chi connectivity index (χ2v) is 6.41. The topological polar surface area (TPSA) is 55.6 Å². The normalized spacial score (nSPS) is 16.7. The van der Waals surface area contributed by atoms with E-state index in [4.69, 9.17) is 9.15 Å². The van der Waals surface area contributed by atoms with Crippen LogP contribution in [-0.2, 0) is 0 Å². The van der Waals surface area contributed by atoms with Gasteiger partial charge in [0, 0.05) is 24.6 Å².